The van der Waals surface area contributed by atoms with Crippen molar-refractivity contribution in [2.45, 2.75) is 13.0 Å². The van der Waals surface area contributed by atoms with E-state index >= 15 is 0 Å². The molecule has 2 N–H and O–H groups in total. The lowest BCUT2D eigenvalue weighted by atomic mass is 10.1. The van der Waals surface area contributed by atoms with Gasteiger partial charge in [-0.1, -0.05) is 12.1 Å². The molecule has 0 spiro atoms. The summed E-state index contributed by atoms with van der Waals surface area (Å²) < 4.78 is 12.1. The van der Waals surface area contributed by atoms with Crippen LogP contribution in [0.1, 0.15) is 15.9 Å². The number of imidazole rings is 1. The van der Waals surface area contributed by atoms with E-state index in [2.05, 4.69) is 15.0 Å². The molecule has 3 aromatic heterocycles. The van der Waals surface area contributed by atoms with Gasteiger partial charge in [-0.3, -0.25) is 0 Å². The van der Waals surface area contributed by atoms with Gasteiger partial charge in [0.1, 0.15) is 11.2 Å². The minimum atomic E-state index is -0.347. The first-order valence-corrected chi connectivity index (χ1v) is 8.35. The number of aromatic nitrogens is 4. The normalized spacial score (nSPS) is 11.0. The minimum absolute atomic E-state index is 0.165. The van der Waals surface area contributed by atoms with Crippen molar-refractivity contribution in [3.05, 3.63) is 60.1 Å². The van der Waals surface area contributed by atoms with Crippen molar-refractivity contribution in [1.29, 1.82) is 0 Å². The Balaban J connectivity index is 1.59. The number of benzene rings is 1. The van der Waals surface area contributed by atoms with E-state index in [-0.39, 0.29) is 11.9 Å². The minimum Gasteiger partial charge on any atom is -0.465 e. The van der Waals surface area contributed by atoms with Crippen molar-refractivity contribution >= 4 is 23.1 Å². The van der Waals surface area contributed by atoms with E-state index in [4.69, 9.17) is 14.9 Å². The van der Waals surface area contributed by atoms with Crippen molar-refractivity contribution in [2.24, 2.45) is 0 Å². The quantitative estimate of drug-likeness (QED) is 0.543. The Hall–Kier alpha value is -3.68. The third kappa shape index (κ3) is 3.24. The highest BCUT2D eigenvalue weighted by Crippen LogP contribution is 2.26. The van der Waals surface area contributed by atoms with Gasteiger partial charge in [-0.15, -0.1) is 0 Å². The number of nitrogen functional groups attached to an aromatic ring is 1. The third-order valence-electron chi connectivity index (χ3n) is 4.25. The van der Waals surface area contributed by atoms with Gasteiger partial charge >= 0.3 is 5.97 Å². The van der Waals surface area contributed by atoms with Gasteiger partial charge in [-0.2, -0.15) is 4.98 Å². The second kappa shape index (κ2) is 6.91. The number of methoxy groups -OCH3 is 1. The Morgan fingerprint density at radius 1 is 1.22 bits per heavy atom. The van der Waals surface area contributed by atoms with Crippen LogP contribution in [0.15, 0.2) is 53.4 Å². The fourth-order valence-corrected chi connectivity index (χ4v) is 2.88. The zero-order chi connectivity index (χ0) is 18.8. The molecule has 0 unspecified atom stereocenters. The summed E-state index contributed by atoms with van der Waals surface area (Å²) in [7, 11) is 1.37. The third-order valence-corrected chi connectivity index (χ3v) is 4.25. The van der Waals surface area contributed by atoms with Crippen LogP contribution in [0.3, 0.4) is 0 Å². The molecule has 0 aliphatic rings. The standard InChI is InChI=1S/C19H17N5O3/c1-26-18(25)13-6-4-12(5-7-13)8-9-24-11-21-16-15(14-3-2-10-27-14)22-19(20)23-17(16)24/h2-7,10-11H,8-9H2,1H3,(H2,20,22,23). The van der Waals surface area contributed by atoms with Crippen LogP contribution in [0.2, 0.25) is 0 Å². The first kappa shape index (κ1) is 16.8. The van der Waals surface area contributed by atoms with E-state index in [0.717, 1.165) is 12.0 Å². The summed E-state index contributed by atoms with van der Waals surface area (Å²) in [6, 6.07) is 10.9. The molecule has 27 heavy (non-hydrogen) atoms. The Kier molecular flexibility index (Phi) is 4.29. The van der Waals surface area contributed by atoms with E-state index in [0.29, 0.717) is 34.7 Å². The molecule has 0 aliphatic carbocycles. The van der Waals surface area contributed by atoms with Crippen molar-refractivity contribution in [3.63, 3.8) is 0 Å². The number of hydrogen-bond acceptors (Lipinski definition) is 7. The number of anilines is 1. The van der Waals surface area contributed by atoms with Gasteiger partial charge in [-0.05, 0) is 36.2 Å². The zero-order valence-electron chi connectivity index (χ0n) is 14.6. The van der Waals surface area contributed by atoms with E-state index in [1.54, 1.807) is 30.8 Å². The molecule has 0 radical (unpaired) electrons. The average molecular weight is 363 g/mol. The molecular weight excluding hydrogens is 346 g/mol. The van der Waals surface area contributed by atoms with Crippen molar-refractivity contribution in [1.82, 2.24) is 19.5 Å². The van der Waals surface area contributed by atoms with Crippen LogP contribution in [-0.4, -0.2) is 32.6 Å². The van der Waals surface area contributed by atoms with Crippen LogP contribution < -0.4 is 5.73 Å². The van der Waals surface area contributed by atoms with Gasteiger partial charge in [0.05, 0.1) is 25.3 Å². The summed E-state index contributed by atoms with van der Waals surface area (Å²) in [5, 5.41) is 0. The Labute approximate surface area is 154 Å². The molecule has 0 saturated heterocycles. The maximum atomic E-state index is 11.5. The van der Waals surface area contributed by atoms with Crippen LogP contribution in [0.5, 0.6) is 0 Å². The van der Waals surface area contributed by atoms with Crippen molar-refractivity contribution in [2.75, 3.05) is 12.8 Å². The number of nitrogens with two attached hydrogens (primary N) is 1. The predicted molar refractivity (Wildman–Crippen MR) is 98.9 cm³/mol. The summed E-state index contributed by atoms with van der Waals surface area (Å²) in [5.41, 5.74) is 9.35. The number of esters is 1. The zero-order valence-corrected chi connectivity index (χ0v) is 14.6. The van der Waals surface area contributed by atoms with Crippen LogP contribution in [0.25, 0.3) is 22.6 Å². The lowest BCUT2D eigenvalue weighted by Gasteiger charge is -2.06. The van der Waals surface area contributed by atoms with Crippen LogP contribution in [0, 0.1) is 0 Å². The Morgan fingerprint density at radius 3 is 2.74 bits per heavy atom. The van der Waals surface area contributed by atoms with E-state index < -0.39 is 0 Å². The largest absolute Gasteiger partial charge is 0.465 e. The van der Waals surface area contributed by atoms with Gasteiger partial charge in [0.2, 0.25) is 5.95 Å². The first-order chi connectivity index (χ1) is 13.2. The second-order valence-electron chi connectivity index (χ2n) is 5.96. The van der Waals surface area contributed by atoms with Gasteiger partial charge in [0.25, 0.3) is 0 Å². The molecule has 3 heterocycles. The molecular formula is C19H17N5O3. The topological polar surface area (TPSA) is 109 Å². The molecule has 8 heteroatoms. The molecule has 0 amide bonds. The SMILES string of the molecule is COC(=O)c1ccc(CCn2cnc3c(-c4ccco4)nc(N)nc32)cc1. The summed E-state index contributed by atoms with van der Waals surface area (Å²) in [4.78, 5) is 24.5. The van der Waals surface area contributed by atoms with Gasteiger partial charge in [-0.25, -0.2) is 14.8 Å². The maximum absolute atomic E-state index is 11.5. The Bertz CT molecular complexity index is 1080. The summed E-state index contributed by atoms with van der Waals surface area (Å²) >= 11 is 0. The Morgan fingerprint density at radius 2 is 2.04 bits per heavy atom. The van der Waals surface area contributed by atoms with Crippen molar-refractivity contribution in [3.8, 4) is 11.5 Å². The van der Waals surface area contributed by atoms with Crippen molar-refractivity contribution < 1.29 is 13.9 Å². The van der Waals surface area contributed by atoms with Crippen LogP contribution >= 0.6 is 0 Å². The monoisotopic (exact) mass is 363 g/mol. The van der Waals surface area contributed by atoms with Crippen LogP contribution in [-0.2, 0) is 17.7 Å². The molecule has 4 aromatic rings. The molecule has 4 rings (SSSR count). The molecule has 0 atom stereocenters. The highest BCUT2D eigenvalue weighted by Gasteiger charge is 2.15. The molecule has 0 aliphatic heterocycles. The van der Waals surface area contributed by atoms with E-state index in [1.807, 2.05) is 22.8 Å². The fraction of sp³-hybridized carbons (Fsp3) is 0.158. The lowest BCUT2D eigenvalue weighted by molar-refractivity contribution is 0.0600. The average Bonchev–Trinajstić information content (AvgIpc) is 3.36. The number of carbonyl (C=O) groups excluding carboxylic acids is 1. The number of carbonyl (C=O) groups is 1. The number of ether oxygens (including phenoxy) is 1. The molecule has 8 nitrogen and oxygen atoms in total. The van der Waals surface area contributed by atoms with Gasteiger partial charge in [0, 0.05) is 6.54 Å². The lowest BCUT2D eigenvalue weighted by Crippen LogP contribution is -2.05. The van der Waals surface area contributed by atoms with E-state index in [1.165, 1.54) is 7.11 Å². The van der Waals surface area contributed by atoms with E-state index in [9.17, 15) is 4.79 Å². The second-order valence-corrected chi connectivity index (χ2v) is 5.96. The molecule has 0 bridgehead atoms. The molecule has 1 aromatic carbocycles. The highest BCUT2D eigenvalue weighted by molar-refractivity contribution is 5.89. The maximum Gasteiger partial charge on any atom is 0.337 e. The number of aryl methyl sites for hydroxylation is 2. The molecule has 0 saturated carbocycles. The number of fused-ring (bicyclic) bond motifs is 1. The summed E-state index contributed by atoms with van der Waals surface area (Å²) in [6.07, 6.45) is 4.04. The summed E-state index contributed by atoms with van der Waals surface area (Å²) in [6.45, 7) is 0.655. The summed E-state index contributed by atoms with van der Waals surface area (Å²) in [5.74, 6) is 0.413. The molecule has 0 fully saturated rings. The number of nitrogens with zero attached hydrogens (tertiary/aromatic N) is 4. The number of rotatable bonds is 5. The number of furan rings is 1. The number of hydrogen-bond donors (Lipinski definition) is 1. The van der Waals surface area contributed by atoms with Gasteiger partial charge in [0.15, 0.2) is 11.4 Å². The smallest absolute Gasteiger partial charge is 0.337 e. The fourth-order valence-electron chi connectivity index (χ4n) is 2.88. The highest BCUT2D eigenvalue weighted by atomic mass is 16.5. The van der Waals surface area contributed by atoms with Crippen LogP contribution in [0.4, 0.5) is 5.95 Å². The molecule has 136 valence electrons. The van der Waals surface area contributed by atoms with Gasteiger partial charge < -0.3 is 19.5 Å². The first-order valence-electron chi connectivity index (χ1n) is 8.35. The predicted octanol–water partition coefficient (Wildman–Crippen LogP) is 2.70.